The molecular weight excluding hydrogens is 240 g/mol. The van der Waals surface area contributed by atoms with Crippen molar-refractivity contribution in [3.63, 3.8) is 0 Å². The summed E-state index contributed by atoms with van der Waals surface area (Å²) < 4.78 is 0. The molecule has 2 fully saturated rings. The lowest BCUT2D eigenvalue weighted by Gasteiger charge is -2.20. The van der Waals surface area contributed by atoms with Crippen LogP contribution >= 0.6 is 11.3 Å². The van der Waals surface area contributed by atoms with Crippen LogP contribution in [-0.2, 0) is 6.54 Å². The minimum absolute atomic E-state index is 0.191. The lowest BCUT2D eigenvalue weighted by atomic mass is 9.89. The summed E-state index contributed by atoms with van der Waals surface area (Å²) in [7, 11) is 0. The molecule has 0 radical (unpaired) electrons. The van der Waals surface area contributed by atoms with Crippen LogP contribution in [0.2, 0.25) is 0 Å². The molecule has 2 bridgehead atoms. The fourth-order valence-corrected chi connectivity index (χ4v) is 4.54. The first kappa shape index (κ1) is 12.6. The van der Waals surface area contributed by atoms with Crippen LogP contribution in [0.5, 0.6) is 0 Å². The molecule has 100 valence electrons. The summed E-state index contributed by atoms with van der Waals surface area (Å²) in [5.74, 6) is 2.75. The van der Waals surface area contributed by atoms with Crippen molar-refractivity contribution < 1.29 is 0 Å². The van der Waals surface area contributed by atoms with Gasteiger partial charge in [0.1, 0.15) is 0 Å². The molecule has 3 heteroatoms. The van der Waals surface area contributed by atoms with Crippen LogP contribution in [0.1, 0.15) is 62.3 Å². The van der Waals surface area contributed by atoms with Gasteiger partial charge in [0, 0.05) is 29.1 Å². The summed E-state index contributed by atoms with van der Waals surface area (Å²) in [4.78, 5) is 6.09. The third-order valence-electron chi connectivity index (χ3n) is 4.42. The molecule has 1 heterocycles. The Hall–Kier alpha value is -0.410. The van der Waals surface area contributed by atoms with E-state index in [1.807, 2.05) is 11.3 Å². The minimum Gasteiger partial charge on any atom is -0.307 e. The highest BCUT2D eigenvalue weighted by Gasteiger charge is 2.41. The standard InChI is InChI=1S/C15H24N2S/c1-15(2,3)17-9-12-8-16-14(18-12)13-7-10-4-5-11(13)6-10/h8,10-11,13,17H,4-7,9H2,1-3H3. The van der Waals surface area contributed by atoms with Gasteiger partial charge in [0.15, 0.2) is 0 Å². The van der Waals surface area contributed by atoms with E-state index in [-0.39, 0.29) is 5.54 Å². The van der Waals surface area contributed by atoms with Gasteiger partial charge in [0.05, 0.1) is 5.01 Å². The van der Waals surface area contributed by atoms with Gasteiger partial charge in [-0.15, -0.1) is 11.3 Å². The average molecular weight is 264 g/mol. The maximum absolute atomic E-state index is 4.70. The minimum atomic E-state index is 0.191. The Morgan fingerprint density at radius 1 is 1.33 bits per heavy atom. The monoisotopic (exact) mass is 264 g/mol. The van der Waals surface area contributed by atoms with Gasteiger partial charge in [-0.25, -0.2) is 4.98 Å². The van der Waals surface area contributed by atoms with Gasteiger partial charge in [-0.05, 0) is 51.9 Å². The number of rotatable bonds is 3. The Balaban J connectivity index is 1.63. The second-order valence-electron chi connectivity index (χ2n) is 7.05. The first-order chi connectivity index (χ1) is 8.51. The molecule has 2 saturated carbocycles. The summed E-state index contributed by atoms with van der Waals surface area (Å²) in [6.45, 7) is 7.60. The molecule has 2 aliphatic carbocycles. The van der Waals surface area contributed by atoms with Crippen LogP contribution in [0.4, 0.5) is 0 Å². The molecule has 0 saturated heterocycles. The van der Waals surface area contributed by atoms with Crippen molar-refractivity contribution in [1.29, 1.82) is 0 Å². The van der Waals surface area contributed by atoms with E-state index in [1.165, 1.54) is 35.6 Å². The molecule has 2 nitrogen and oxygen atoms in total. The molecule has 3 unspecified atom stereocenters. The third-order valence-corrected chi connectivity index (χ3v) is 5.55. The topological polar surface area (TPSA) is 24.9 Å². The lowest BCUT2D eigenvalue weighted by molar-refractivity contribution is 0.419. The molecule has 2 aliphatic rings. The number of hydrogen-bond acceptors (Lipinski definition) is 3. The number of nitrogens with zero attached hydrogens (tertiary/aromatic N) is 1. The van der Waals surface area contributed by atoms with E-state index in [0.717, 1.165) is 24.3 Å². The van der Waals surface area contributed by atoms with E-state index in [2.05, 4.69) is 32.3 Å². The summed E-state index contributed by atoms with van der Waals surface area (Å²) in [5, 5.41) is 4.96. The second-order valence-corrected chi connectivity index (χ2v) is 8.20. The average Bonchev–Trinajstić information content (AvgIpc) is 3.01. The largest absolute Gasteiger partial charge is 0.307 e. The summed E-state index contributed by atoms with van der Waals surface area (Å²) in [6, 6.07) is 0. The van der Waals surface area contributed by atoms with Gasteiger partial charge in [-0.1, -0.05) is 6.42 Å². The molecule has 0 spiro atoms. The molecule has 3 atom stereocenters. The number of nitrogens with one attached hydrogen (secondary N) is 1. The van der Waals surface area contributed by atoms with E-state index in [0.29, 0.717) is 0 Å². The zero-order chi connectivity index (χ0) is 12.8. The Kier molecular flexibility index (Phi) is 3.23. The SMILES string of the molecule is CC(C)(C)NCc1cnc(C2CC3CCC2C3)s1. The number of thiazole rings is 1. The Morgan fingerprint density at radius 3 is 2.78 bits per heavy atom. The highest BCUT2D eigenvalue weighted by Crippen LogP contribution is 2.53. The smallest absolute Gasteiger partial charge is 0.0961 e. The van der Waals surface area contributed by atoms with Crippen LogP contribution in [0.15, 0.2) is 6.20 Å². The van der Waals surface area contributed by atoms with Gasteiger partial charge >= 0.3 is 0 Å². The van der Waals surface area contributed by atoms with Gasteiger partial charge in [0.25, 0.3) is 0 Å². The summed E-state index contributed by atoms with van der Waals surface area (Å²) in [6.07, 6.45) is 7.89. The number of fused-ring (bicyclic) bond motifs is 2. The lowest BCUT2D eigenvalue weighted by Crippen LogP contribution is -2.34. The van der Waals surface area contributed by atoms with Crippen LogP contribution in [-0.4, -0.2) is 10.5 Å². The summed E-state index contributed by atoms with van der Waals surface area (Å²) in [5.41, 5.74) is 0.191. The van der Waals surface area contributed by atoms with E-state index in [1.54, 1.807) is 0 Å². The molecule has 3 rings (SSSR count). The molecule has 18 heavy (non-hydrogen) atoms. The van der Waals surface area contributed by atoms with Crippen molar-refractivity contribution in [2.75, 3.05) is 0 Å². The number of aromatic nitrogens is 1. The zero-order valence-corrected chi connectivity index (χ0v) is 12.5. The third kappa shape index (κ3) is 2.62. The maximum Gasteiger partial charge on any atom is 0.0961 e. The zero-order valence-electron chi connectivity index (χ0n) is 11.7. The molecule has 0 amide bonds. The van der Waals surface area contributed by atoms with E-state index >= 15 is 0 Å². The predicted octanol–water partition coefficient (Wildman–Crippen LogP) is 3.93. The normalized spacial score (nSPS) is 31.2. The molecule has 0 aliphatic heterocycles. The van der Waals surface area contributed by atoms with Gasteiger partial charge < -0.3 is 5.32 Å². The van der Waals surface area contributed by atoms with Gasteiger partial charge in [0.2, 0.25) is 0 Å². The van der Waals surface area contributed by atoms with Crippen molar-refractivity contribution in [2.24, 2.45) is 11.8 Å². The Labute approximate surface area is 114 Å². The van der Waals surface area contributed by atoms with Crippen molar-refractivity contribution in [3.8, 4) is 0 Å². The van der Waals surface area contributed by atoms with E-state index < -0.39 is 0 Å². The molecule has 0 aromatic carbocycles. The summed E-state index contributed by atoms with van der Waals surface area (Å²) >= 11 is 1.94. The van der Waals surface area contributed by atoms with E-state index in [4.69, 9.17) is 4.98 Å². The fraction of sp³-hybridized carbons (Fsp3) is 0.800. The van der Waals surface area contributed by atoms with Crippen molar-refractivity contribution >= 4 is 11.3 Å². The van der Waals surface area contributed by atoms with Crippen molar-refractivity contribution in [2.45, 2.75) is 64.5 Å². The van der Waals surface area contributed by atoms with Crippen molar-refractivity contribution in [1.82, 2.24) is 10.3 Å². The molecule has 1 aromatic rings. The second kappa shape index (κ2) is 4.61. The van der Waals surface area contributed by atoms with Crippen LogP contribution in [0, 0.1) is 11.8 Å². The molecule has 1 N–H and O–H groups in total. The van der Waals surface area contributed by atoms with Crippen LogP contribution < -0.4 is 5.32 Å². The van der Waals surface area contributed by atoms with Crippen molar-refractivity contribution in [3.05, 3.63) is 16.1 Å². The first-order valence-electron chi connectivity index (χ1n) is 7.21. The molecule has 1 aromatic heterocycles. The first-order valence-corrected chi connectivity index (χ1v) is 8.02. The van der Waals surface area contributed by atoms with Crippen LogP contribution in [0.25, 0.3) is 0 Å². The fourth-order valence-electron chi connectivity index (χ4n) is 3.48. The quantitative estimate of drug-likeness (QED) is 0.894. The Morgan fingerprint density at radius 2 is 2.17 bits per heavy atom. The maximum atomic E-state index is 4.70. The highest BCUT2D eigenvalue weighted by molar-refractivity contribution is 7.11. The highest BCUT2D eigenvalue weighted by atomic mass is 32.1. The number of hydrogen-bond donors (Lipinski definition) is 1. The van der Waals surface area contributed by atoms with Gasteiger partial charge in [-0.3, -0.25) is 0 Å². The predicted molar refractivity (Wildman–Crippen MR) is 76.9 cm³/mol. The van der Waals surface area contributed by atoms with E-state index in [9.17, 15) is 0 Å². The van der Waals surface area contributed by atoms with Crippen LogP contribution in [0.3, 0.4) is 0 Å². The Bertz CT molecular complexity index is 418. The molecular formula is C15H24N2S. The van der Waals surface area contributed by atoms with Gasteiger partial charge in [-0.2, -0.15) is 0 Å².